The van der Waals surface area contributed by atoms with Crippen molar-refractivity contribution < 1.29 is 31.1 Å². The van der Waals surface area contributed by atoms with Crippen molar-refractivity contribution in [2.45, 2.75) is 51.5 Å². The maximum absolute atomic E-state index is 12.6. The van der Waals surface area contributed by atoms with Gasteiger partial charge >= 0.3 is 18.4 Å². The highest BCUT2D eigenvalue weighted by Crippen LogP contribution is 2.42. The Morgan fingerprint density at radius 1 is 0.950 bits per heavy atom. The van der Waals surface area contributed by atoms with Gasteiger partial charge in [0.2, 0.25) is 5.54 Å². The van der Waals surface area contributed by atoms with Gasteiger partial charge in [0, 0.05) is 13.1 Å². The highest BCUT2D eigenvalue weighted by atomic mass is 19.4. The molecule has 2 amide bonds. The molecule has 0 aromatic rings. The molecule has 0 aromatic carbocycles. The van der Waals surface area contributed by atoms with Crippen LogP contribution < -0.4 is 5.32 Å². The molecule has 0 aromatic heterocycles. The summed E-state index contributed by atoms with van der Waals surface area (Å²) in [5.74, 6) is 0. The predicted octanol–water partition coefficient (Wildman–Crippen LogP) is 3.70. The van der Waals surface area contributed by atoms with E-state index in [1.807, 2.05) is 0 Å². The number of carbonyl (C=O) groups is 1. The van der Waals surface area contributed by atoms with Crippen LogP contribution in [0, 0.1) is 0 Å². The van der Waals surface area contributed by atoms with Crippen LogP contribution in [-0.4, -0.2) is 41.9 Å². The van der Waals surface area contributed by atoms with E-state index in [1.54, 1.807) is 13.8 Å². The molecular formula is C11H18F6N2O. The summed E-state index contributed by atoms with van der Waals surface area (Å²) in [6, 6.07) is -1.37. The number of hydrogen-bond donors (Lipinski definition) is 1. The number of urea groups is 1. The topological polar surface area (TPSA) is 32.3 Å². The fourth-order valence-electron chi connectivity index (χ4n) is 1.45. The minimum Gasteiger partial charge on any atom is -0.325 e. The van der Waals surface area contributed by atoms with Crippen molar-refractivity contribution >= 4 is 6.03 Å². The molecule has 0 atom stereocenters. The van der Waals surface area contributed by atoms with E-state index in [0.717, 1.165) is 10.2 Å². The Labute approximate surface area is 113 Å². The van der Waals surface area contributed by atoms with Crippen LogP contribution in [0.1, 0.15) is 33.6 Å². The fraction of sp³-hybridized carbons (Fsp3) is 0.909. The van der Waals surface area contributed by atoms with E-state index >= 15 is 0 Å². The summed E-state index contributed by atoms with van der Waals surface area (Å²) in [6.45, 7) is 3.43. The molecule has 9 heteroatoms. The molecule has 3 nitrogen and oxygen atoms in total. The molecule has 0 saturated carbocycles. The molecule has 0 fully saturated rings. The molecule has 0 spiro atoms. The Morgan fingerprint density at radius 3 is 1.55 bits per heavy atom. The minimum atomic E-state index is -5.63. The summed E-state index contributed by atoms with van der Waals surface area (Å²) in [5.41, 5.74) is -4.27. The Kier molecular flexibility index (Phi) is 6.16. The minimum absolute atomic E-state index is 0.0824. The number of alkyl halides is 6. The largest absolute Gasteiger partial charge is 0.420 e. The zero-order valence-electron chi connectivity index (χ0n) is 11.5. The monoisotopic (exact) mass is 308 g/mol. The number of hydrogen-bond acceptors (Lipinski definition) is 1. The van der Waals surface area contributed by atoms with E-state index in [2.05, 4.69) is 0 Å². The lowest BCUT2D eigenvalue weighted by Crippen LogP contribution is -2.67. The van der Waals surface area contributed by atoms with Gasteiger partial charge in [0.25, 0.3) is 0 Å². The zero-order chi connectivity index (χ0) is 16.2. The van der Waals surface area contributed by atoms with Gasteiger partial charge in [-0.1, -0.05) is 13.8 Å². The van der Waals surface area contributed by atoms with Crippen LogP contribution in [0.5, 0.6) is 0 Å². The molecule has 0 bridgehead atoms. The normalized spacial score (nSPS) is 13.2. The molecule has 0 aliphatic heterocycles. The average molecular weight is 308 g/mol. The van der Waals surface area contributed by atoms with Crippen LogP contribution in [-0.2, 0) is 0 Å². The molecule has 1 N–H and O–H groups in total. The first-order valence-corrected chi connectivity index (χ1v) is 6.11. The number of amides is 2. The molecule has 0 saturated heterocycles. The van der Waals surface area contributed by atoms with Crippen molar-refractivity contribution in [3.63, 3.8) is 0 Å². The number of carbonyl (C=O) groups excluding carboxylic acids is 1. The zero-order valence-corrected chi connectivity index (χ0v) is 11.5. The van der Waals surface area contributed by atoms with Crippen LogP contribution in [0.15, 0.2) is 0 Å². The summed E-state index contributed by atoms with van der Waals surface area (Å²) in [4.78, 5) is 12.6. The molecule has 0 unspecified atom stereocenters. The van der Waals surface area contributed by atoms with E-state index in [9.17, 15) is 31.1 Å². The second-order valence-corrected chi connectivity index (χ2v) is 4.54. The number of nitrogens with zero attached hydrogens (tertiary/aromatic N) is 1. The standard InChI is InChI=1S/C11H18F6N2O/c1-4-6-19(7-5-2)8(20)18-9(3,10(12,13)14)11(15,16)17/h4-7H2,1-3H3,(H,18,20). The number of rotatable bonds is 5. The Bertz CT molecular complexity index is 306. The second kappa shape index (κ2) is 6.53. The second-order valence-electron chi connectivity index (χ2n) is 4.54. The summed E-state index contributed by atoms with van der Waals surface area (Å²) in [6.07, 6.45) is -10.4. The predicted molar refractivity (Wildman–Crippen MR) is 61.2 cm³/mol. The lowest BCUT2D eigenvalue weighted by molar-refractivity contribution is -0.298. The molecule has 0 rings (SSSR count). The van der Waals surface area contributed by atoms with E-state index < -0.39 is 23.9 Å². The lowest BCUT2D eigenvalue weighted by Gasteiger charge is -2.36. The van der Waals surface area contributed by atoms with Crippen LogP contribution >= 0.6 is 0 Å². The molecule has 0 heterocycles. The number of nitrogens with one attached hydrogen (secondary N) is 1. The first-order valence-electron chi connectivity index (χ1n) is 6.11. The van der Waals surface area contributed by atoms with E-state index in [0.29, 0.717) is 12.8 Å². The molecule has 120 valence electrons. The highest BCUT2D eigenvalue weighted by molar-refractivity contribution is 5.75. The van der Waals surface area contributed by atoms with E-state index in [1.165, 1.54) is 0 Å². The Balaban J connectivity index is 5.23. The van der Waals surface area contributed by atoms with Gasteiger partial charge in [0.15, 0.2) is 0 Å². The van der Waals surface area contributed by atoms with E-state index in [-0.39, 0.29) is 20.0 Å². The van der Waals surface area contributed by atoms with Crippen molar-refractivity contribution in [3.05, 3.63) is 0 Å². The third kappa shape index (κ3) is 4.17. The SMILES string of the molecule is CCCN(CCC)C(=O)NC(C)(C(F)(F)F)C(F)(F)F. The van der Waals surface area contributed by atoms with Gasteiger partial charge in [-0.25, -0.2) is 4.79 Å². The third-order valence-electron chi connectivity index (χ3n) is 2.77. The van der Waals surface area contributed by atoms with Crippen molar-refractivity contribution in [3.8, 4) is 0 Å². The average Bonchev–Trinajstić information content (AvgIpc) is 2.25. The highest BCUT2D eigenvalue weighted by Gasteiger charge is 2.68. The smallest absolute Gasteiger partial charge is 0.325 e. The van der Waals surface area contributed by atoms with Crippen LogP contribution in [0.25, 0.3) is 0 Å². The maximum Gasteiger partial charge on any atom is 0.420 e. The molecule has 20 heavy (non-hydrogen) atoms. The van der Waals surface area contributed by atoms with Crippen molar-refractivity contribution in [2.24, 2.45) is 0 Å². The quantitative estimate of drug-likeness (QED) is 0.772. The maximum atomic E-state index is 12.6. The van der Waals surface area contributed by atoms with Gasteiger partial charge in [0.05, 0.1) is 0 Å². The summed E-state index contributed by atoms with van der Waals surface area (Å²) in [7, 11) is 0. The fourth-order valence-corrected chi connectivity index (χ4v) is 1.45. The van der Waals surface area contributed by atoms with Crippen molar-refractivity contribution in [1.29, 1.82) is 0 Å². The molecule has 0 aliphatic rings. The summed E-state index contributed by atoms with van der Waals surface area (Å²) >= 11 is 0. The summed E-state index contributed by atoms with van der Waals surface area (Å²) in [5, 5.41) is 1.08. The van der Waals surface area contributed by atoms with Gasteiger partial charge in [-0.3, -0.25) is 0 Å². The van der Waals surface area contributed by atoms with Gasteiger partial charge < -0.3 is 10.2 Å². The van der Waals surface area contributed by atoms with E-state index in [4.69, 9.17) is 0 Å². The van der Waals surface area contributed by atoms with Crippen molar-refractivity contribution in [1.82, 2.24) is 10.2 Å². The van der Waals surface area contributed by atoms with Gasteiger partial charge in [-0.15, -0.1) is 0 Å². The third-order valence-corrected chi connectivity index (χ3v) is 2.77. The van der Waals surface area contributed by atoms with Crippen molar-refractivity contribution in [2.75, 3.05) is 13.1 Å². The van der Waals surface area contributed by atoms with Gasteiger partial charge in [-0.2, -0.15) is 26.3 Å². The summed E-state index contributed by atoms with van der Waals surface area (Å²) < 4.78 is 75.9. The van der Waals surface area contributed by atoms with Crippen LogP contribution in [0.2, 0.25) is 0 Å². The van der Waals surface area contributed by atoms with Gasteiger partial charge in [-0.05, 0) is 19.8 Å². The Morgan fingerprint density at radius 2 is 1.30 bits per heavy atom. The lowest BCUT2D eigenvalue weighted by atomic mass is 10.0. The number of halogens is 6. The Hall–Kier alpha value is -1.15. The van der Waals surface area contributed by atoms with Crippen LogP contribution in [0.3, 0.4) is 0 Å². The molecule has 0 radical (unpaired) electrons. The molecular weight excluding hydrogens is 290 g/mol. The van der Waals surface area contributed by atoms with Crippen LogP contribution in [0.4, 0.5) is 31.1 Å². The first-order chi connectivity index (χ1) is 8.90. The van der Waals surface area contributed by atoms with Gasteiger partial charge in [0.1, 0.15) is 0 Å². The first kappa shape index (κ1) is 18.9. The molecule has 0 aliphatic carbocycles.